The second kappa shape index (κ2) is 12.0. The summed E-state index contributed by atoms with van der Waals surface area (Å²) in [6.07, 6.45) is 2.74. The first kappa shape index (κ1) is 20.8. The van der Waals surface area contributed by atoms with E-state index in [0.717, 1.165) is 17.7 Å². The molecule has 140 valence electrons. The molecule has 0 aliphatic rings. The first-order valence-electron chi connectivity index (χ1n) is 9.09. The number of thioether (sulfide) groups is 1. The standard InChI is InChI=1S/C21H27O3PS/c1-2-24-21(22)15-9-12-19(18-10-5-3-6-11-18)16-25(23)17-26-20-13-7-4-8-14-20/h3-8,10-11,13-14,19,25H,2,9,12,15-17H2,1H3. The number of ether oxygens (including phenoxy) is 1. The minimum absolute atomic E-state index is 0.147. The Morgan fingerprint density at radius 2 is 1.73 bits per heavy atom. The lowest BCUT2D eigenvalue weighted by Gasteiger charge is -2.17. The Labute approximate surface area is 161 Å². The van der Waals surface area contributed by atoms with E-state index in [1.54, 1.807) is 11.8 Å². The number of rotatable bonds is 11. The van der Waals surface area contributed by atoms with Crippen molar-refractivity contribution in [2.75, 3.05) is 18.3 Å². The van der Waals surface area contributed by atoms with E-state index in [-0.39, 0.29) is 11.9 Å². The molecule has 2 aromatic rings. The third-order valence-corrected chi connectivity index (χ3v) is 7.55. The first-order chi connectivity index (χ1) is 12.7. The quantitative estimate of drug-likeness (QED) is 0.276. The molecule has 0 fully saturated rings. The summed E-state index contributed by atoms with van der Waals surface area (Å²) in [6.45, 7) is 2.24. The highest BCUT2D eigenvalue weighted by Gasteiger charge is 2.16. The lowest BCUT2D eigenvalue weighted by atomic mass is 9.95. The molecule has 5 heteroatoms. The van der Waals surface area contributed by atoms with Crippen LogP contribution in [0, 0.1) is 0 Å². The predicted octanol–water partition coefficient (Wildman–Crippen LogP) is 5.81. The molecule has 26 heavy (non-hydrogen) atoms. The number of carbonyl (C=O) groups excluding carboxylic acids is 1. The van der Waals surface area contributed by atoms with Crippen LogP contribution in [-0.2, 0) is 14.1 Å². The largest absolute Gasteiger partial charge is 0.466 e. The van der Waals surface area contributed by atoms with Gasteiger partial charge in [-0.2, -0.15) is 0 Å². The fourth-order valence-electron chi connectivity index (χ4n) is 2.85. The first-order valence-corrected chi connectivity index (χ1v) is 11.9. The molecule has 0 heterocycles. The zero-order valence-corrected chi connectivity index (χ0v) is 17.0. The van der Waals surface area contributed by atoms with Crippen molar-refractivity contribution in [3.63, 3.8) is 0 Å². The fraction of sp³-hybridized carbons (Fsp3) is 0.381. The van der Waals surface area contributed by atoms with E-state index in [1.165, 1.54) is 5.56 Å². The van der Waals surface area contributed by atoms with Crippen LogP contribution in [0.5, 0.6) is 0 Å². The van der Waals surface area contributed by atoms with Crippen LogP contribution in [-0.4, -0.2) is 24.2 Å². The summed E-state index contributed by atoms with van der Waals surface area (Å²) >= 11 is 1.66. The average molecular weight is 390 g/mol. The number of benzene rings is 2. The number of hydrogen-bond donors (Lipinski definition) is 0. The Balaban J connectivity index is 1.88. The van der Waals surface area contributed by atoms with Gasteiger partial charge in [-0.15, -0.1) is 11.8 Å². The van der Waals surface area contributed by atoms with E-state index in [0.29, 0.717) is 24.7 Å². The van der Waals surface area contributed by atoms with Crippen LogP contribution in [0.4, 0.5) is 0 Å². The van der Waals surface area contributed by atoms with Crippen molar-refractivity contribution in [2.24, 2.45) is 0 Å². The van der Waals surface area contributed by atoms with Crippen LogP contribution >= 0.6 is 19.6 Å². The Hall–Kier alpha value is -1.51. The van der Waals surface area contributed by atoms with Crippen molar-refractivity contribution in [1.29, 1.82) is 0 Å². The Morgan fingerprint density at radius 3 is 2.38 bits per heavy atom. The van der Waals surface area contributed by atoms with Gasteiger partial charge >= 0.3 is 5.97 Å². The number of esters is 1. The monoisotopic (exact) mass is 390 g/mol. The Bertz CT molecular complexity index is 676. The van der Waals surface area contributed by atoms with E-state index in [9.17, 15) is 9.36 Å². The molecule has 0 saturated heterocycles. The van der Waals surface area contributed by atoms with Crippen molar-refractivity contribution in [2.45, 2.75) is 37.0 Å². The molecule has 0 amide bonds. The van der Waals surface area contributed by atoms with Gasteiger partial charge in [-0.3, -0.25) is 4.79 Å². The minimum atomic E-state index is -1.70. The van der Waals surface area contributed by atoms with Crippen molar-refractivity contribution >= 4 is 25.5 Å². The summed E-state index contributed by atoms with van der Waals surface area (Å²) in [5.74, 6) is 0.0833. The zero-order chi connectivity index (χ0) is 18.6. The molecule has 0 saturated carbocycles. The molecular formula is C21H27O3PS. The van der Waals surface area contributed by atoms with E-state index in [4.69, 9.17) is 4.74 Å². The molecule has 0 spiro atoms. The van der Waals surface area contributed by atoms with Crippen molar-refractivity contribution < 1.29 is 14.1 Å². The van der Waals surface area contributed by atoms with Gasteiger partial charge in [0.2, 0.25) is 0 Å². The SMILES string of the molecule is CCOC(=O)CCCC(C[PH](=O)CSc1ccccc1)c1ccccc1. The van der Waals surface area contributed by atoms with Crippen molar-refractivity contribution in [3.05, 3.63) is 66.2 Å². The molecule has 0 aromatic heterocycles. The molecule has 0 N–H and O–H groups in total. The second-order valence-electron chi connectivity index (χ2n) is 6.15. The molecule has 2 rings (SSSR count). The van der Waals surface area contributed by atoms with Gasteiger partial charge in [0.15, 0.2) is 0 Å². The van der Waals surface area contributed by atoms with Crippen LogP contribution in [0.1, 0.15) is 37.7 Å². The summed E-state index contributed by atoms with van der Waals surface area (Å²) < 4.78 is 17.7. The Morgan fingerprint density at radius 1 is 1.08 bits per heavy atom. The van der Waals surface area contributed by atoms with Crippen LogP contribution in [0.2, 0.25) is 0 Å². The molecule has 2 unspecified atom stereocenters. The van der Waals surface area contributed by atoms with Crippen LogP contribution in [0.25, 0.3) is 0 Å². The average Bonchev–Trinajstić information content (AvgIpc) is 2.67. The van der Waals surface area contributed by atoms with Crippen LogP contribution < -0.4 is 0 Å². The predicted molar refractivity (Wildman–Crippen MR) is 111 cm³/mol. The van der Waals surface area contributed by atoms with Gasteiger partial charge in [-0.05, 0) is 43.4 Å². The van der Waals surface area contributed by atoms with E-state index >= 15 is 0 Å². The van der Waals surface area contributed by atoms with E-state index < -0.39 is 7.80 Å². The smallest absolute Gasteiger partial charge is 0.305 e. The minimum Gasteiger partial charge on any atom is -0.466 e. The van der Waals surface area contributed by atoms with E-state index in [1.807, 2.05) is 55.5 Å². The molecule has 2 atom stereocenters. The van der Waals surface area contributed by atoms with Crippen LogP contribution in [0.15, 0.2) is 65.6 Å². The highest BCUT2D eigenvalue weighted by Crippen LogP contribution is 2.37. The van der Waals surface area contributed by atoms with Gasteiger partial charge in [0.25, 0.3) is 0 Å². The molecule has 0 aliphatic heterocycles. The summed E-state index contributed by atoms with van der Waals surface area (Å²) in [7, 11) is -1.70. The van der Waals surface area contributed by atoms with Gasteiger partial charge in [-0.25, -0.2) is 0 Å². The summed E-state index contributed by atoms with van der Waals surface area (Å²) in [5, 5.41) is 0. The van der Waals surface area contributed by atoms with Gasteiger partial charge in [0, 0.05) is 23.0 Å². The number of carbonyl (C=O) groups is 1. The molecule has 0 aliphatic carbocycles. The third-order valence-electron chi connectivity index (χ3n) is 4.13. The topological polar surface area (TPSA) is 43.4 Å². The summed E-state index contributed by atoms with van der Waals surface area (Å²) in [6, 6.07) is 20.3. The van der Waals surface area contributed by atoms with E-state index in [2.05, 4.69) is 12.1 Å². The molecule has 0 radical (unpaired) electrons. The lowest BCUT2D eigenvalue weighted by Crippen LogP contribution is -2.07. The molecule has 0 bridgehead atoms. The number of hydrogen-bond acceptors (Lipinski definition) is 4. The zero-order valence-electron chi connectivity index (χ0n) is 15.2. The maximum Gasteiger partial charge on any atom is 0.305 e. The maximum atomic E-state index is 12.7. The van der Waals surface area contributed by atoms with Gasteiger partial charge in [-0.1, -0.05) is 48.5 Å². The summed E-state index contributed by atoms with van der Waals surface area (Å²) in [5.41, 5.74) is 1.87. The van der Waals surface area contributed by atoms with Gasteiger partial charge in [0.1, 0.15) is 0 Å². The van der Waals surface area contributed by atoms with Gasteiger partial charge < -0.3 is 9.30 Å². The highest BCUT2D eigenvalue weighted by molar-refractivity contribution is 8.03. The summed E-state index contributed by atoms with van der Waals surface area (Å²) in [4.78, 5) is 12.7. The van der Waals surface area contributed by atoms with Crippen LogP contribution in [0.3, 0.4) is 0 Å². The maximum absolute atomic E-state index is 12.7. The molecule has 3 nitrogen and oxygen atoms in total. The van der Waals surface area contributed by atoms with Crippen molar-refractivity contribution in [1.82, 2.24) is 0 Å². The normalized spacial score (nSPS) is 13.1. The lowest BCUT2D eigenvalue weighted by molar-refractivity contribution is -0.143. The highest BCUT2D eigenvalue weighted by atomic mass is 32.2. The second-order valence-corrected chi connectivity index (χ2v) is 9.55. The Kier molecular flexibility index (Phi) is 9.58. The third kappa shape index (κ3) is 7.80. The fourth-order valence-corrected chi connectivity index (χ4v) is 5.97. The molecular weight excluding hydrogens is 363 g/mol. The molecule has 2 aromatic carbocycles. The van der Waals surface area contributed by atoms with Crippen molar-refractivity contribution in [3.8, 4) is 0 Å². The van der Waals surface area contributed by atoms with Gasteiger partial charge in [0.05, 0.1) is 14.4 Å².